The largest absolute Gasteiger partial charge is 0.458 e. The molecule has 20 heavy (non-hydrogen) atoms. The third kappa shape index (κ3) is 1.02. The SMILES string of the molecule is C[C@@H]1C(O)C[C@]23OC(=O)C[C@]12C[C@@]1(O)OC[C@]3(C)[C@@H]1C. The van der Waals surface area contributed by atoms with Crippen LogP contribution in [0, 0.1) is 22.7 Å². The first-order valence-corrected chi connectivity index (χ1v) is 7.47. The monoisotopic (exact) mass is 282 g/mol. The normalized spacial score (nSPS) is 64.0. The highest BCUT2D eigenvalue weighted by Gasteiger charge is 2.83. The van der Waals surface area contributed by atoms with Gasteiger partial charge in [-0.05, 0) is 5.92 Å². The van der Waals surface area contributed by atoms with Crippen LogP contribution in [-0.2, 0) is 14.3 Å². The molecular weight excluding hydrogens is 260 g/mol. The van der Waals surface area contributed by atoms with E-state index in [4.69, 9.17) is 9.47 Å². The minimum absolute atomic E-state index is 0.0750. The second-order valence-electron chi connectivity index (χ2n) is 7.64. The van der Waals surface area contributed by atoms with Gasteiger partial charge in [0.05, 0.1) is 19.1 Å². The number of esters is 1. The lowest BCUT2D eigenvalue weighted by molar-refractivity contribution is -0.257. The summed E-state index contributed by atoms with van der Waals surface area (Å²) in [7, 11) is 0. The molecule has 4 fully saturated rings. The molecule has 2 aliphatic carbocycles. The first kappa shape index (κ1) is 13.0. The van der Waals surface area contributed by atoms with Crippen molar-refractivity contribution in [3.63, 3.8) is 0 Å². The van der Waals surface area contributed by atoms with Crippen LogP contribution < -0.4 is 0 Å². The Bertz CT molecular complexity index is 506. The van der Waals surface area contributed by atoms with Gasteiger partial charge in [0, 0.05) is 29.6 Å². The molecule has 2 saturated carbocycles. The van der Waals surface area contributed by atoms with Crippen LogP contribution in [0.25, 0.3) is 0 Å². The van der Waals surface area contributed by atoms with Gasteiger partial charge in [-0.25, -0.2) is 0 Å². The molecule has 112 valence electrons. The molecule has 0 spiro atoms. The van der Waals surface area contributed by atoms with Gasteiger partial charge in [0.25, 0.3) is 0 Å². The molecule has 2 bridgehead atoms. The van der Waals surface area contributed by atoms with Crippen molar-refractivity contribution in [3.8, 4) is 0 Å². The number of hydrogen-bond acceptors (Lipinski definition) is 5. The lowest BCUT2D eigenvalue weighted by Gasteiger charge is -2.56. The maximum absolute atomic E-state index is 12.1. The van der Waals surface area contributed by atoms with Crippen molar-refractivity contribution in [1.82, 2.24) is 0 Å². The number of aliphatic hydroxyl groups is 2. The van der Waals surface area contributed by atoms with Crippen LogP contribution in [-0.4, -0.2) is 40.3 Å². The van der Waals surface area contributed by atoms with Crippen molar-refractivity contribution in [3.05, 3.63) is 0 Å². The highest BCUT2D eigenvalue weighted by atomic mass is 16.6. The summed E-state index contributed by atoms with van der Waals surface area (Å²) in [4.78, 5) is 12.1. The molecule has 0 aromatic heterocycles. The summed E-state index contributed by atoms with van der Waals surface area (Å²) < 4.78 is 11.6. The van der Waals surface area contributed by atoms with E-state index in [0.29, 0.717) is 19.4 Å². The molecule has 4 rings (SSSR count). The van der Waals surface area contributed by atoms with Crippen molar-refractivity contribution in [2.75, 3.05) is 6.61 Å². The zero-order valence-corrected chi connectivity index (χ0v) is 12.2. The topological polar surface area (TPSA) is 76.0 Å². The molecule has 0 aromatic carbocycles. The summed E-state index contributed by atoms with van der Waals surface area (Å²) in [6, 6.07) is 0. The smallest absolute Gasteiger partial charge is 0.307 e. The summed E-state index contributed by atoms with van der Waals surface area (Å²) in [6.07, 6.45) is 0.621. The number of carbonyl (C=O) groups is 1. The molecular formula is C15H22O5. The summed E-state index contributed by atoms with van der Waals surface area (Å²) >= 11 is 0. The van der Waals surface area contributed by atoms with Crippen LogP contribution >= 0.6 is 0 Å². The third-order valence-corrected chi connectivity index (χ3v) is 7.24. The molecule has 2 heterocycles. The predicted octanol–water partition coefficient (Wildman–Crippen LogP) is 0.824. The van der Waals surface area contributed by atoms with E-state index in [1.54, 1.807) is 0 Å². The fourth-order valence-electron chi connectivity index (χ4n) is 5.78. The fourth-order valence-corrected chi connectivity index (χ4v) is 5.78. The van der Waals surface area contributed by atoms with E-state index in [9.17, 15) is 15.0 Å². The lowest BCUT2D eigenvalue weighted by Crippen LogP contribution is -2.64. The maximum atomic E-state index is 12.1. The molecule has 4 aliphatic rings. The first-order chi connectivity index (χ1) is 9.21. The van der Waals surface area contributed by atoms with Gasteiger partial charge in [-0.3, -0.25) is 4.79 Å². The van der Waals surface area contributed by atoms with Gasteiger partial charge in [0.1, 0.15) is 5.60 Å². The Hall–Kier alpha value is -0.650. The quantitative estimate of drug-likeness (QED) is 0.643. The van der Waals surface area contributed by atoms with Crippen LogP contribution in [0.2, 0.25) is 0 Å². The van der Waals surface area contributed by atoms with Gasteiger partial charge >= 0.3 is 5.97 Å². The standard InChI is InChI=1S/C15H22O5/c1-8-10(16)4-15-12(3)7-19-14(18,9(12)2)6-13(8,15)5-11(17)20-15/h8-10,16,18H,4-7H2,1-3H3/t8-,9+,10?,12-,13+,14-,15-/m1/s1. The maximum Gasteiger partial charge on any atom is 0.307 e. The van der Waals surface area contributed by atoms with Crippen molar-refractivity contribution in [2.24, 2.45) is 22.7 Å². The van der Waals surface area contributed by atoms with Crippen molar-refractivity contribution in [1.29, 1.82) is 0 Å². The number of aliphatic hydroxyl groups excluding tert-OH is 1. The fraction of sp³-hybridized carbons (Fsp3) is 0.933. The van der Waals surface area contributed by atoms with Gasteiger partial charge in [-0.2, -0.15) is 0 Å². The van der Waals surface area contributed by atoms with Gasteiger partial charge in [0.2, 0.25) is 0 Å². The van der Waals surface area contributed by atoms with Crippen LogP contribution in [0.3, 0.4) is 0 Å². The zero-order chi connectivity index (χ0) is 14.6. The average Bonchev–Trinajstić information content (AvgIpc) is 2.83. The minimum Gasteiger partial charge on any atom is -0.458 e. The molecule has 1 unspecified atom stereocenters. The number of ether oxygens (including phenoxy) is 2. The summed E-state index contributed by atoms with van der Waals surface area (Å²) in [6.45, 7) is 6.34. The number of carbonyl (C=O) groups excluding carboxylic acids is 1. The molecule has 0 aromatic rings. The Morgan fingerprint density at radius 2 is 2.05 bits per heavy atom. The molecule has 2 saturated heterocycles. The van der Waals surface area contributed by atoms with Gasteiger partial charge in [-0.15, -0.1) is 0 Å². The molecule has 5 heteroatoms. The van der Waals surface area contributed by atoms with Gasteiger partial charge in [-0.1, -0.05) is 20.8 Å². The van der Waals surface area contributed by atoms with Crippen LogP contribution in [0.15, 0.2) is 0 Å². The Balaban J connectivity index is 1.97. The van der Waals surface area contributed by atoms with Crippen LogP contribution in [0.4, 0.5) is 0 Å². The summed E-state index contributed by atoms with van der Waals surface area (Å²) in [5, 5.41) is 21.3. The molecule has 2 aliphatic heterocycles. The predicted molar refractivity (Wildman–Crippen MR) is 68.5 cm³/mol. The summed E-state index contributed by atoms with van der Waals surface area (Å²) in [5.74, 6) is -1.60. The minimum atomic E-state index is -1.20. The lowest BCUT2D eigenvalue weighted by atomic mass is 9.48. The molecule has 7 atom stereocenters. The van der Waals surface area contributed by atoms with Gasteiger partial charge in [0.15, 0.2) is 5.79 Å². The molecule has 0 amide bonds. The Morgan fingerprint density at radius 3 is 2.75 bits per heavy atom. The second kappa shape index (κ2) is 3.23. The first-order valence-electron chi connectivity index (χ1n) is 7.47. The van der Waals surface area contributed by atoms with E-state index >= 15 is 0 Å². The van der Waals surface area contributed by atoms with Gasteiger partial charge < -0.3 is 19.7 Å². The van der Waals surface area contributed by atoms with Crippen molar-refractivity contribution >= 4 is 5.97 Å². The van der Waals surface area contributed by atoms with E-state index in [0.717, 1.165) is 0 Å². The van der Waals surface area contributed by atoms with E-state index in [1.807, 2.05) is 20.8 Å². The Kier molecular flexibility index (Phi) is 2.11. The van der Waals surface area contributed by atoms with Crippen LogP contribution in [0.5, 0.6) is 0 Å². The van der Waals surface area contributed by atoms with Crippen molar-refractivity contribution < 1.29 is 24.5 Å². The second-order valence-corrected chi connectivity index (χ2v) is 7.64. The van der Waals surface area contributed by atoms with E-state index < -0.39 is 28.3 Å². The Labute approximate surface area is 118 Å². The average molecular weight is 282 g/mol. The van der Waals surface area contributed by atoms with Crippen molar-refractivity contribution in [2.45, 2.75) is 57.5 Å². The molecule has 5 nitrogen and oxygen atoms in total. The molecule has 0 radical (unpaired) electrons. The van der Waals surface area contributed by atoms with Crippen LogP contribution in [0.1, 0.15) is 40.0 Å². The Morgan fingerprint density at radius 1 is 1.35 bits per heavy atom. The number of hydrogen-bond donors (Lipinski definition) is 2. The third-order valence-electron chi connectivity index (χ3n) is 7.24. The molecule has 2 N–H and O–H groups in total. The van der Waals surface area contributed by atoms with E-state index in [-0.39, 0.29) is 24.2 Å². The number of fused-ring (bicyclic) bond motifs is 2. The summed E-state index contributed by atoms with van der Waals surface area (Å²) in [5.41, 5.74) is -1.65. The highest BCUT2D eigenvalue weighted by molar-refractivity contribution is 5.75. The number of rotatable bonds is 0. The highest BCUT2D eigenvalue weighted by Crippen LogP contribution is 2.75. The van der Waals surface area contributed by atoms with E-state index in [2.05, 4.69) is 0 Å². The van der Waals surface area contributed by atoms with E-state index in [1.165, 1.54) is 0 Å². The zero-order valence-electron chi connectivity index (χ0n) is 12.2.